The van der Waals surface area contributed by atoms with Crippen LogP contribution < -0.4 is 9.46 Å². The van der Waals surface area contributed by atoms with Crippen LogP contribution in [0, 0.1) is 0 Å². The highest BCUT2D eigenvalue weighted by Gasteiger charge is 2.26. The second kappa shape index (κ2) is 12.6. The number of piperidine rings is 1. The van der Waals surface area contributed by atoms with Gasteiger partial charge in [-0.05, 0) is 54.3 Å². The predicted octanol–water partition coefficient (Wildman–Crippen LogP) is 6.48. The SMILES string of the molecule is CC.O=C(OCc1ccccc1)N1CCC(=C2CCOc3ccc(NS(=O)(=O)c4ccccc4)cc32)CC1. The van der Waals surface area contributed by atoms with Crippen LogP contribution in [0.25, 0.3) is 5.57 Å². The number of hydrogen-bond donors (Lipinski definition) is 1. The van der Waals surface area contributed by atoms with Gasteiger partial charge in [-0.25, -0.2) is 13.2 Å². The van der Waals surface area contributed by atoms with Gasteiger partial charge in [0.1, 0.15) is 12.4 Å². The number of anilines is 1. The van der Waals surface area contributed by atoms with Crippen molar-refractivity contribution in [1.29, 1.82) is 0 Å². The maximum Gasteiger partial charge on any atom is 0.410 e. The Morgan fingerprint density at radius 2 is 1.58 bits per heavy atom. The molecule has 0 unspecified atom stereocenters. The third-order valence-corrected chi connectivity index (χ3v) is 7.87. The van der Waals surface area contributed by atoms with Gasteiger partial charge in [0.15, 0.2) is 0 Å². The number of benzene rings is 3. The highest BCUT2D eigenvalue weighted by Crippen LogP contribution is 2.39. The van der Waals surface area contributed by atoms with Gasteiger partial charge in [-0.3, -0.25) is 4.72 Å². The lowest BCUT2D eigenvalue weighted by Gasteiger charge is -2.31. The van der Waals surface area contributed by atoms with Crippen LogP contribution in [0.2, 0.25) is 0 Å². The lowest BCUT2D eigenvalue weighted by molar-refractivity contribution is 0.0935. The first-order valence-corrected chi connectivity index (χ1v) is 14.5. The molecule has 0 aromatic heterocycles. The van der Waals surface area contributed by atoms with Crippen molar-refractivity contribution in [2.24, 2.45) is 0 Å². The summed E-state index contributed by atoms with van der Waals surface area (Å²) in [5.74, 6) is 0.746. The van der Waals surface area contributed by atoms with E-state index in [0.717, 1.165) is 36.1 Å². The van der Waals surface area contributed by atoms with Crippen LogP contribution in [-0.2, 0) is 21.4 Å². The molecule has 200 valence electrons. The molecule has 1 fully saturated rings. The van der Waals surface area contributed by atoms with Crippen LogP contribution in [-0.4, -0.2) is 39.1 Å². The van der Waals surface area contributed by atoms with Crippen LogP contribution in [0.3, 0.4) is 0 Å². The molecule has 3 aromatic carbocycles. The van der Waals surface area contributed by atoms with Crippen molar-refractivity contribution in [3.8, 4) is 5.75 Å². The van der Waals surface area contributed by atoms with Gasteiger partial charge in [-0.15, -0.1) is 0 Å². The molecular weight excluding hydrogens is 500 g/mol. The number of hydrogen-bond acceptors (Lipinski definition) is 5. The Morgan fingerprint density at radius 3 is 2.26 bits per heavy atom. The van der Waals surface area contributed by atoms with Gasteiger partial charge in [0.25, 0.3) is 10.0 Å². The van der Waals surface area contributed by atoms with Crippen molar-refractivity contribution in [2.45, 2.75) is 44.6 Å². The quantitative estimate of drug-likeness (QED) is 0.405. The van der Waals surface area contributed by atoms with E-state index in [9.17, 15) is 13.2 Å². The standard InChI is InChI=1S/C28H28N2O5S.C2H6/c31-28(35-20-21-7-3-1-4-8-21)30-16-13-22(14-17-30)25-15-18-34-27-12-11-23(19-26(25)27)29-36(32,33)24-9-5-2-6-10-24;1-2/h1-12,19,29H,13-18,20H2;1-2H3. The van der Waals surface area contributed by atoms with E-state index in [0.29, 0.717) is 25.4 Å². The zero-order chi connectivity index (χ0) is 27.0. The van der Waals surface area contributed by atoms with Crippen LogP contribution in [0.15, 0.2) is 89.3 Å². The largest absolute Gasteiger partial charge is 0.493 e. The summed E-state index contributed by atoms with van der Waals surface area (Å²) >= 11 is 0. The summed E-state index contributed by atoms with van der Waals surface area (Å²) in [6, 6.07) is 23.3. The molecule has 0 atom stereocenters. The molecule has 3 aromatic rings. The number of carbonyl (C=O) groups excluding carboxylic acids is 1. The van der Waals surface area contributed by atoms with Crippen molar-refractivity contribution in [3.63, 3.8) is 0 Å². The van der Waals surface area contributed by atoms with Crippen LogP contribution in [0.5, 0.6) is 5.75 Å². The first-order chi connectivity index (χ1) is 18.5. The summed E-state index contributed by atoms with van der Waals surface area (Å²) in [5.41, 5.74) is 4.81. The third-order valence-electron chi connectivity index (χ3n) is 6.48. The number of rotatable bonds is 5. The molecule has 0 radical (unpaired) electrons. The van der Waals surface area contributed by atoms with E-state index in [1.807, 2.05) is 56.3 Å². The first-order valence-electron chi connectivity index (χ1n) is 13.0. The summed E-state index contributed by atoms with van der Waals surface area (Å²) in [5, 5.41) is 0. The van der Waals surface area contributed by atoms with Gasteiger partial charge >= 0.3 is 6.09 Å². The molecule has 1 amide bonds. The molecule has 0 bridgehead atoms. The lowest BCUT2D eigenvalue weighted by Crippen LogP contribution is -2.37. The fourth-order valence-corrected chi connectivity index (χ4v) is 5.68. The zero-order valence-corrected chi connectivity index (χ0v) is 22.7. The van der Waals surface area contributed by atoms with Gasteiger partial charge in [-0.2, -0.15) is 0 Å². The number of nitrogens with zero attached hydrogens (tertiary/aromatic N) is 1. The molecule has 0 spiro atoms. The van der Waals surface area contributed by atoms with Crippen LogP contribution in [0.1, 0.15) is 44.2 Å². The van der Waals surface area contributed by atoms with E-state index < -0.39 is 10.0 Å². The maximum atomic E-state index is 12.8. The fourth-order valence-electron chi connectivity index (χ4n) is 4.61. The normalized spacial score (nSPS) is 14.9. The third kappa shape index (κ3) is 6.55. The summed E-state index contributed by atoms with van der Waals surface area (Å²) in [4.78, 5) is 14.5. The van der Waals surface area contributed by atoms with Gasteiger partial charge in [-0.1, -0.05) is 68.0 Å². The lowest BCUT2D eigenvalue weighted by atomic mass is 9.89. The molecule has 1 saturated heterocycles. The Bertz CT molecular complexity index is 1360. The number of fused-ring (bicyclic) bond motifs is 1. The van der Waals surface area contributed by atoms with E-state index in [1.54, 1.807) is 41.3 Å². The van der Waals surface area contributed by atoms with E-state index in [2.05, 4.69) is 4.72 Å². The van der Waals surface area contributed by atoms with Crippen molar-refractivity contribution in [2.75, 3.05) is 24.4 Å². The Labute approximate surface area is 225 Å². The molecule has 2 aliphatic heterocycles. The fraction of sp³-hybridized carbons (Fsp3) is 0.300. The smallest absolute Gasteiger partial charge is 0.410 e. The number of carbonyl (C=O) groups is 1. The first kappa shape index (κ1) is 27.3. The number of likely N-dealkylation sites (tertiary alicyclic amines) is 1. The van der Waals surface area contributed by atoms with Gasteiger partial charge in [0.2, 0.25) is 0 Å². The van der Waals surface area contributed by atoms with Crippen molar-refractivity contribution in [3.05, 3.63) is 95.6 Å². The van der Waals surface area contributed by atoms with Gasteiger partial charge in [0, 0.05) is 30.8 Å². The van der Waals surface area contributed by atoms with Crippen molar-refractivity contribution >= 4 is 27.4 Å². The highest BCUT2D eigenvalue weighted by molar-refractivity contribution is 7.92. The molecule has 0 saturated carbocycles. The molecule has 1 N–H and O–H groups in total. The summed E-state index contributed by atoms with van der Waals surface area (Å²) in [6.07, 6.45) is 1.94. The van der Waals surface area contributed by atoms with E-state index in [-0.39, 0.29) is 17.6 Å². The van der Waals surface area contributed by atoms with Crippen LogP contribution in [0.4, 0.5) is 10.5 Å². The molecule has 0 aliphatic carbocycles. The Kier molecular flexibility index (Phi) is 9.07. The molecule has 2 aliphatic rings. The topological polar surface area (TPSA) is 84.9 Å². The maximum absolute atomic E-state index is 12.8. The van der Waals surface area contributed by atoms with Crippen molar-refractivity contribution in [1.82, 2.24) is 4.90 Å². The van der Waals surface area contributed by atoms with E-state index >= 15 is 0 Å². The monoisotopic (exact) mass is 534 g/mol. The Balaban J connectivity index is 0.00000164. The molecular formula is C30H34N2O5S. The second-order valence-corrected chi connectivity index (χ2v) is 10.5. The molecule has 8 heteroatoms. The number of nitrogens with one attached hydrogen (secondary N) is 1. The number of sulfonamides is 1. The van der Waals surface area contributed by atoms with Crippen LogP contribution >= 0.6 is 0 Å². The number of ether oxygens (including phenoxy) is 2. The summed E-state index contributed by atoms with van der Waals surface area (Å²) in [6.45, 7) is 6.01. The minimum Gasteiger partial charge on any atom is -0.493 e. The minimum atomic E-state index is -3.69. The molecule has 2 heterocycles. The second-order valence-electron chi connectivity index (χ2n) is 8.84. The minimum absolute atomic E-state index is 0.212. The zero-order valence-electron chi connectivity index (χ0n) is 21.9. The van der Waals surface area contributed by atoms with Gasteiger partial charge in [0.05, 0.1) is 11.5 Å². The Morgan fingerprint density at radius 1 is 0.921 bits per heavy atom. The summed E-state index contributed by atoms with van der Waals surface area (Å²) < 4.78 is 39.6. The van der Waals surface area contributed by atoms with E-state index in [1.165, 1.54) is 11.1 Å². The molecule has 5 rings (SSSR count). The molecule has 7 nitrogen and oxygen atoms in total. The Hall–Kier alpha value is -3.78. The molecule has 38 heavy (non-hydrogen) atoms. The number of amides is 1. The predicted molar refractivity (Wildman–Crippen MR) is 150 cm³/mol. The van der Waals surface area contributed by atoms with Crippen molar-refractivity contribution < 1.29 is 22.7 Å². The van der Waals surface area contributed by atoms with Gasteiger partial charge < -0.3 is 14.4 Å². The summed E-state index contributed by atoms with van der Waals surface area (Å²) in [7, 11) is -3.69. The highest BCUT2D eigenvalue weighted by atomic mass is 32.2. The van der Waals surface area contributed by atoms with E-state index in [4.69, 9.17) is 9.47 Å². The average molecular weight is 535 g/mol. The average Bonchev–Trinajstić information content (AvgIpc) is 2.97.